The van der Waals surface area contributed by atoms with Gasteiger partial charge >= 0.3 is 0 Å². The molecule has 4 bridgehead atoms. The summed E-state index contributed by atoms with van der Waals surface area (Å²) in [7, 11) is 0. The van der Waals surface area contributed by atoms with E-state index in [1.54, 1.807) is 19.1 Å². The number of fused-ring (bicyclic) bond motifs is 2. The third kappa shape index (κ3) is 7.42. The number of carbonyl (C=O) groups excluding carboxylic acids is 3. The zero-order valence-corrected chi connectivity index (χ0v) is 36.9. The van der Waals surface area contributed by atoms with Crippen molar-refractivity contribution in [1.82, 2.24) is 5.32 Å². The van der Waals surface area contributed by atoms with Crippen molar-refractivity contribution in [3.63, 3.8) is 0 Å². The standard InChI is InChI=1S/C48H63NO12/c1-10-11-21-49-43(56)27(6)16-20-47-42(55)28-22-31-35(51)34-40(58-44-38(54)37(53)36(52)32(24-50)57-44)30-17-19-46(9,18-12-13-25(2)3)59-39(30)29(15-14-26(4)5)41(34)60-48(31,47)33(23-28)45(7,8)61-47/h13-14,16-17,19,22,28,32-33,36-38,44,50,52-54H,10-12,15,18,20-21,23-24H2,1-9H3,(H,49,56)/b27-16-/t28?,32-,33?,36-,37+,38-,44+,46?,47?,48?/m1/s1. The topological polar surface area (TPSA) is 190 Å². The van der Waals surface area contributed by atoms with E-state index in [0.29, 0.717) is 41.8 Å². The molecule has 3 fully saturated rings. The summed E-state index contributed by atoms with van der Waals surface area (Å²) in [4.78, 5) is 43.8. The largest absolute Gasteiger partial charge is 0.482 e. The number of hydrogen-bond acceptors (Lipinski definition) is 12. The SMILES string of the molecule is CCCCNC(=O)/C(C)=C\CC12OC(C)(C)C3CC(C=C4C(=O)c5c(O[C@@H]6O[C@H](CO)[C@@H](O)[C@H](O)[C@H]6O)c6c(c(CC=C(C)C)c5OC431)OC(C)(CCC=C(C)C)C=C6)C2=O. The first kappa shape index (κ1) is 44.9. The second-order valence-electron chi connectivity index (χ2n) is 18.9. The van der Waals surface area contributed by atoms with Crippen LogP contribution in [0.2, 0.25) is 0 Å². The van der Waals surface area contributed by atoms with Gasteiger partial charge in [-0.15, -0.1) is 0 Å². The lowest BCUT2D eigenvalue weighted by molar-refractivity contribution is -0.277. The maximum Gasteiger partial charge on any atom is 0.246 e. The van der Waals surface area contributed by atoms with Crippen LogP contribution in [0.5, 0.6) is 17.2 Å². The number of unbranched alkanes of at least 4 members (excludes halogenated alkanes) is 1. The van der Waals surface area contributed by atoms with Crippen LogP contribution in [-0.4, -0.2) is 104 Å². The van der Waals surface area contributed by atoms with E-state index in [-0.39, 0.29) is 47.2 Å². The molecule has 2 saturated heterocycles. The molecule has 1 amide bonds. The van der Waals surface area contributed by atoms with E-state index in [0.717, 1.165) is 24.8 Å². The van der Waals surface area contributed by atoms with Crippen LogP contribution in [0.3, 0.4) is 0 Å². The lowest BCUT2D eigenvalue weighted by Crippen LogP contribution is -2.72. The van der Waals surface area contributed by atoms with Crippen molar-refractivity contribution in [3.8, 4) is 17.2 Å². The fourth-order valence-corrected chi connectivity index (χ4v) is 10.1. The molecule has 1 saturated carbocycles. The van der Waals surface area contributed by atoms with Crippen molar-refractivity contribution in [1.29, 1.82) is 0 Å². The molecule has 13 heteroatoms. The molecule has 1 aromatic rings. The third-order valence-electron chi connectivity index (χ3n) is 13.4. The van der Waals surface area contributed by atoms with Gasteiger partial charge in [-0.1, -0.05) is 48.8 Å². The molecule has 332 valence electrons. The van der Waals surface area contributed by atoms with Gasteiger partial charge in [-0.2, -0.15) is 0 Å². The number of allylic oxidation sites excluding steroid dienone is 5. The van der Waals surface area contributed by atoms with Gasteiger partial charge in [-0.25, -0.2) is 0 Å². The van der Waals surface area contributed by atoms with Gasteiger partial charge in [0.15, 0.2) is 22.8 Å². The zero-order chi connectivity index (χ0) is 44.4. The van der Waals surface area contributed by atoms with E-state index in [4.69, 9.17) is 23.7 Å². The Hall–Kier alpha value is -4.11. The van der Waals surface area contributed by atoms with E-state index in [9.17, 15) is 30.0 Å². The van der Waals surface area contributed by atoms with Crippen LogP contribution >= 0.6 is 0 Å². The molecule has 5 unspecified atom stereocenters. The van der Waals surface area contributed by atoms with Gasteiger partial charge in [0.05, 0.1) is 17.8 Å². The van der Waals surface area contributed by atoms with Gasteiger partial charge < -0.3 is 49.4 Å². The van der Waals surface area contributed by atoms with Crippen LogP contribution in [0.1, 0.15) is 122 Å². The maximum absolute atomic E-state index is 15.7. The summed E-state index contributed by atoms with van der Waals surface area (Å²) in [5.74, 6) is -1.65. The number of Topliss-reactive ketones (excluding diaryl/α,β-unsaturated/α-hetero) is 2. The maximum atomic E-state index is 15.7. The summed E-state index contributed by atoms with van der Waals surface area (Å²) in [6.45, 7) is 17.4. The van der Waals surface area contributed by atoms with Gasteiger partial charge in [0.25, 0.3) is 0 Å². The molecule has 4 aliphatic heterocycles. The van der Waals surface area contributed by atoms with Crippen molar-refractivity contribution in [2.24, 2.45) is 11.8 Å². The molecule has 0 aromatic heterocycles. The average Bonchev–Trinajstić information content (AvgIpc) is 3.36. The molecule has 8 rings (SSSR count). The normalized spacial score (nSPS) is 34.0. The molecule has 3 aliphatic carbocycles. The smallest absolute Gasteiger partial charge is 0.246 e. The highest BCUT2D eigenvalue weighted by atomic mass is 16.7. The van der Waals surface area contributed by atoms with Crippen LogP contribution in [0, 0.1) is 11.8 Å². The number of rotatable bonds is 14. The summed E-state index contributed by atoms with van der Waals surface area (Å²) in [5.41, 5.74) is -1.32. The average molecular weight is 846 g/mol. The van der Waals surface area contributed by atoms with Crippen LogP contribution in [0.15, 0.2) is 52.7 Å². The highest BCUT2D eigenvalue weighted by molar-refractivity contribution is 6.19. The first-order valence-corrected chi connectivity index (χ1v) is 21.8. The molecule has 1 aromatic carbocycles. The zero-order valence-electron chi connectivity index (χ0n) is 36.9. The molecule has 1 spiro atoms. The molecule has 5 N–H and O–H groups in total. The van der Waals surface area contributed by atoms with Crippen molar-refractivity contribution >= 4 is 23.5 Å². The molecule has 13 nitrogen and oxygen atoms in total. The van der Waals surface area contributed by atoms with Crippen LogP contribution in [-0.2, 0) is 25.5 Å². The summed E-state index contributed by atoms with van der Waals surface area (Å²) < 4.78 is 33.8. The van der Waals surface area contributed by atoms with Crippen LogP contribution < -0.4 is 19.5 Å². The Morgan fingerprint density at radius 1 is 0.967 bits per heavy atom. The summed E-state index contributed by atoms with van der Waals surface area (Å²) in [6, 6.07) is 0. The van der Waals surface area contributed by atoms with Crippen molar-refractivity contribution in [2.75, 3.05) is 13.2 Å². The monoisotopic (exact) mass is 845 g/mol. The lowest BCUT2D eigenvalue weighted by Gasteiger charge is -2.56. The van der Waals surface area contributed by atoms with Gasteiger partial charge in [0.2, 0.25) is 12.2 Å². The Labute approximate surface area is 358 Å². The Morgan fingerprint density at radius 2 is 1.69 bits per heavy atom. The van der Waals surface area contributed by atoms with Crippen molar-refractivity contribution < 1.29 is 58.5 Å². The molecular formula is C48H63NO12. The first-order chi connectivity index (χ1) is 28.8. The number of aliphatic hydroxyl groups excluding tert-OH is 4. The van der Waals surface area contributed by atoms with E-state index >= 15 is 4.79 Å². The number of ether oxygens (including phenoxy) is 5. The minimum atomic E-state index is -1.78. The molecular weight excluding hydrogens is 783 g/mol. The molecule has 4 heterocycles. The highest BCUT2D eigenvalue weighted by Crippen LogP contribution is 2.69. The third-order valence-corrected chi connectivity index (χ3v) is 13.4. The predicted octanol–water partition coefficient (Wildman–Crippen LogP) is 5.54. The lowest BCUT2D eigenvalue weighted by atomic mass is 9.51. The summed E-state index contributed by atoms with van der Waals surface area (Å²) in [6.07, 6.45) is 6.86. The minimum absolute atomic E-state index is 0.0144. The van der Waals surface area contributed by atoms with E-state index in [1.165, 1.54) is 5.57 Å². The number of nitrogens with one attached hydrogen (secondary N) is 1. The number of amides is 1. The Morgan fingerprint density at radius 3 is 2.36 bits per heavy atom. The minimum Gasteiger partial charge on any atom is -0.482 e. The number of carbonyl (C=O) groups is 3. The predicted molar refractivity (Wildman–Crippen MR) is 227 cm³/mol. The quantitative estimate of drug-likeness (QED) is 0.0895. The Balaban J connectivity index is 1.46. The fraction of sp³-hybridized carbons (Fsp3) is 0.604. The van der Waals surface area contributed by atoms with Crippen molar-refractivity contribution in [2.45, 2.75) is 160 Å². The Kier molecular flexibility index (Phi) is 12.2. The first-order valence-electron chi connectivity index (χ1n) is 21.8. The fourth-order valence-electron chi connectivity index (χ4n) is 10.1. The molecule has 0 radical (unpaired) electrons. The van der Waals surface area contributed by atoms with Gasteiger partial charge in [-0.3, -0.25) is 14.4 Å². The number of aliphatic hydroxyl groups is 4. The van der Waals surface area contributed by atoms with Gasteiger partial charge in [0.1, 0.15) is 52.8 Å². The number of hydrogen-bond donors (Lipinski definition) is 5. The van der Waals surface area contributed by atoms with E-state index < -0.39 is 77.3 Å². The Bertz CT molecular complexity index is 2120. The van der Waals surface area contributed by atoms with Crippen molar-refractivity contribution in [3.05, 3.63) is 69.4 Å². The summed E-state index contributed by atoms with van der Waals surface area (Å²) >= 11 is 0. The number of ketones is 2. The second-order valence-corrected chi connectivity index (χ2v) is 18.9. The van der Waals surface area contributed by atoms with E-state index in [2.05, 4.69) is 11.4 Å². The van der Waals surface area contributed by atoms with Gasteiger partial charge in [-0.05, 0) is 99.6 Å². The van der Waals surface area contributed by atoms with Crippen LogP contribution in [0.25, 0.3) is 6.08 Å². The summed E-state index contributed by atoms with van der Waals surface area (Å²) in [5, 5.41) is 45.7. The van der Waals surface area contributed by atoms with Gasteiger partial charge in [0, 0.05) is 41.5 Å². The molecule has 10 atom stereocenters. The number of benzene rings is 1. The van der Waals surface area contributed by atoms with Crippen LogP contribution in [0.4, 0.5) is 0 Å². The molecule has 7 aliphatic rings. The van der Waals surface area contributed by atoms with E-state index in [1.807, 2.05) is 73.6 Å². The highest BCUT2D eigenvalue weighted by Gasteiger charge is 2.81. The second kappa shape index (κ2) is 16.5. The molecule has 61 heavy (non-hydrogen) atoms.